The summed E-state index contributed by atoms with van der Waals surface area (Å²) in [5, 5.41) is 0.895. The first-order valence-corrected chi connectivity index (χ1v) is 7.73. The maximum Gasteiger partial charge on any atom is 0.324 e. The number of rotatable bonds is 0. The number of fused-ring (bicyclic) bond motifs is 3. The monoisotopic (exact) mass is 298 g/mol. The first kappa shape index (κ1) is 14.4. The number of hydrogen-bond acceptors (Lipinski definition) is 5. The average Bonchev–Trinajstić information content (AvgIpc) is 2.39. The molecular formula is C12H12O5P2. The zero-order chi connectivity index (χ0) is 13.8. The summed E-state index contributed by atoms with van der Waals surface area (Å²) in [6.07, 6.45) is 0. The van der Waals surface area contributed by atoms with Crippen LogP contribution >= 0.6 is 17.0 Å². The van der Waals surface area contributed by atoms with Gasteiger partial charge in [0.15, 0.2) is 0 Å². The molecule has 1 aliphatic rings. The Kier molecular flexibility index (Phi) is 4.83. The van der Waals surface area contributed by atoms with Gasteiger partial charge in [-0.25, -0.2) is 0 Å². The van der Waals surface area contributed by atoms with Crippen molar-refractivity contribution in [3.05, 3.63) is 48.5 Å². The minimum Gasteiger partial charge on any atom is -0.443 e. The molecule has 5 nitrogen and oxygen atoms in total. The number of hydrogen-bond donors (Lipinski definition) is 4. The lowest BCUT2D eigenvalue weighted by Crippen LogP contribution is -2.13. The molecule has 1 atom stereocenters. The van der Waals surface area contributed by atoms with E-state index in [1.165, 1.54) is 0 Å². The predicted molar refractivity (Wildman–Crippen MR) is 74.9 cm³/mol. The molecule has 0 radical (unpaired) electrons. The van der Waals surface area contributed by atoms with Gasteiger partial charge in [0.05, 0.1) is 5.30 Å². The molecule has 0 aromatic heterocycles. The van der Waals surface area contributed by atoms with Crippen molar-refractivity contribution in [1.29, 1.82) is 0 Å². The van der Waals surface area contributed by atoms with E-state index in [0.717, 1.165) is 22.2 Å². The third-order valence-electron chi connectivity index (χ3n) is 2.47. The first-order valence-electron chi connectivity index (χ1n) is 5.32. The van der Waals surface area contributed by atoms with Crippen molar-refractivity contribution in [2.45, 2.75) is 0 Å². The van der Waals surface area contributed by atoms with Crippen LogP contribution in [0.15, 0.2) is 48.5 Å². The van der Waals surface area contributed by atoms with Gasteiger partial charge in [-0.3, -0.25) is 0 Å². The molecule has 2 aromatic rings. The van der Waals surface area contributed by atoms with Crippen LogP contribution in [-0.4, -0.2) is 19.6 Å². The van der Waals surface area contributed by atoms with Gasteiger partial charge in [-0.05, 0) is 17.7 Å². The van der Waals surface area contributed by atoms with Gasteiger partial charge in [0.2, 0.25) is 0 Å². The molecule has 0 spiro atoms. The average molecular weight is 298 g/mol. The Bertz CT molecular complexity index is 559. The zero-order valence-electron chi connectivity index (χ0n) is 9.71. The third kappa shape index (κ3) is 3.48. The Morgan fingerprint density at radius 2 is 1.37 bits per heavy atom. The molecule has 1 aliphatic heterocycles. The van der Waals surface area contributed by atoms with Gasteiger partial charge in [-0.15, -0.1) is 0 Å². The Hall–Kier alpha value is -1.06. The van der Waals surface area contributed by atoms with Crippen LogP contribution in [-0.2, 0) is 0 Å². The van der Waals surface area contributed by atoms with Gasteiger partial charge in [-0.2, -0.15) is 0 Å². The third-order valence-corrected chi connectivity index (χ3v) is 3.64. The van der Waals surface area contributed by atoms with Crippen LogP contribution in [0.3, 0.4) is 0 Å². The van der Waals surface area contributed by atoms with Crippen LogP contribution in [0.1, 0.15) is 0 Å². The summed E-state index contributed by atoms with van der Waals surface area (Å²) in [5.41, 5.74) is 2.13. The first-order chi connectivity index (χ1) is 9.09. The highest BCUT2D eigenvalue weighted by Crippen LogP contribution is 2.45. The topological polar surface area (TPSA) is 90.2 Å². The molecule has 2 aromatic carbocycles. The lowest BCUT2D eigenvalue weighted by Gasteiger charge is -2.23. The second-order valence-corrected chi connectivity index (χ2v) is 5.39. The van der Waals surface area contributed by atoms with Gasteiger partial charge in [-0.1, -0.05) is 36.4 Å². The summed E-state index contributed by atoms with van der Waals surface area (Å²) in [6.45, 7) is 0. The molecule has 1 unspecified atom stereocenters. The smallest absolute Gasteiger partial charge is 0.324 e. The molecule has 0 amide bonds. The second kappa shape index (κ2) is 6.40. The fourth-order valence-corrected chi connectivity index (χ4v) is 2.84. The van der Waals surface area contributed by atoms with Gasteiger partial charge in [0.25, 0.3) is 8.38 Å². The van der Waals surface area contributed by atoms with E-state index in [1.807, 2.05) is 48.5 Å². The Balaban J connectivity index is 0.000000297. The highest BCUT2D eigenvalue weighted by molar-refractivity contribution is 7.55. The van der Waals surface area contributed by atoms with E-state index in [9.17, 15) is 4.89 Å². The molecule has 19 heavy (non-hydrogen) atoms. The highest BCUT2D eigenvalue weighted by atomic mass is 31.2. The summed E-state index contributed by atoms with van der Waals surface area (Å²) in [7, 11) is -4.11. The van der Waals surface area contributed by atoms with Crippen molar-refractivity contribution in [3.8, 4) is 16.9 Å². The number of benzene rings is 2. The minimum absolute atomic E-state index is 0.768. The van der Waals surface area contributed by atoms with Crippen molar-refractivity contribution in [1.82, 2.24) is 0 Å². The van der Waals surface area contributed by atoms with E-state index < -0.39 is 17.0 Å². The second-order valence-electron chi connectivity index (χ2n) is 3.65. The lowest BCUT2D eigenvalue weighted by atomic mass is 10.0. The minimum atomic E-state index is -2.62. The largest absolute Gasteiger partial charge is 0.443 e. The SMILES string of the molecule is OP(O)O.OP1Oc2ccccc2-c2ccccc21. The van der Waals surface area contributed by atoms with Crippen LogP contribution in [0, 0.1) is 0 Å². The van der Waals surface area contributed by atoms with E-state index >= 15 is 0 Å². The van der Waals surface area contributed by atoms with E-state index in [4.69, 9.17) is 19.2 Å². The van der Waals surface area contributed by atoms with Crippen molar-refractivity contribution >= 4 is 22.3 Å². The molecule has 3 rings (SSSR count). The van der Waals surface area contributed by atoms with E-state index in [-0.39, 0.29) is 0 Å². The summed E-state index contributed by atoms with van der Waals surface area (Å²) in [4.78, 5) is 31.5. The summed E-state index contributed by atoms with van der Waals surface area (Å²) >= 11 is 0. The Morgan fingerprint density at radius 3 is 2.05 bits per heavy atom. The molecule has 1 heterocycles. The summed E-state index contributed by atoms with van der Waals surface area (Å²) < 4.78 is 5.48. The van der Waals surface area contributed by atoms with E-state index in [0.29, 0.717) is 0 Å². The lowest BCUT2D eigenvalue weighted by molar-refractivity contribution is 0.368. The van der Waals surface area contributed by atoms with Crippen molar-refractivity contribution in [2.75, 3.05) is 0 Å². The fraction of sp³-hybridized carbons (Fsp3) is 0. The molecular weight excluding hydrogens is 286 g/mol. The van der Waals surface area contributed by atoms with E-state index in [2.05, 4.69) is 0 Å². The zero-order valence-corrected chi connectivity index (χ0v) is 11.5. The fourth-order valence-electron chi connectivity index (χ4n) is 1.78. The molecule has 4 N–H and O–H groups in total. The van der Waals surface area contributed by atoms with Gasteiger partial charge < -0.3 is 24.1 Å². The Morgan fingerprint density at radius 1 is 0.842 bits per heavy atom. The van der Waals surface area contributed by atoms with Crippen LogP contribution in [0.25, 0.3) is 11.1 Å². The van der Waals surface area contributed by atoms with Gasteiger partial charge in [0, 0.05) is 5.56 Å². The Labute approximate surface area is 112 Å². The van der Waals surface area contributed by atoms with Crippen molar-refractivity contribution < 1.29 is 24.1 Å². The van der Waals surface area contributed by atoms with Crippen molar-refractivity contribution in [2.24, 2.45) is 0 Å². The van der Waals surface area contributed by atoms with Gasteiger partial charge in [0.1, 0.15) is 5.75 Å². The normalized spacial score (nSPS) is 15.7. The molecule has 7 heteroatoms. The maximum absolute atomic E-state index is 9.85. The maximum atomic E-state index is 9.85. The highest BCUT2D eigenvalue weighted by Gasteiger charge is 2.24. The van der Waals surface area contributed by atoms with Crippen LogP contribution in [0.5, 0.6) is 5.75 Å². The van der Waals surface area contributed by atoms with Crippen molar-refractivity contribution in [3.63, 3.8) is 0 Å². The number of para-hydroxylation sites is 1. The summed E-state index contributed by atoms with van der Waals surface area (Å²) in [5.74, 6) is 0.768. The molecule has 100 valence electrons. The molecule has 0 aliphatic carbocycles. The van der Waals surface area contributed by atoms with Crippen LogP contribution in [0.2, 0.25) is 0 Å². The quantitative estimate of drug-likeness (QED) is 0.557. The van der Waals surface area contributed by atoms with Crippen LogP contribution in [0.4, 0.5) is 0 Å². The van der Waals surface area contributed by atoms with Crippen LogP contribution < -0.4 is 9.83 Å². The molecule has 0 saturated carbocycles. The molecule has 0 fully saturated rings. The molecule has 0 saturated heterocycles. The van der Waals surface area contributed by atoms with E-state index in [1.54, 1.807) is 0 Å². The van der Waals surface area contributed by atoms with Gasteiger partial charge >= 0.3 is 8.60 Å². The standard InChI is InChI=1S/C12H9O2P.H3O3P/c13-15-12-8-4-2-6-10(12)9-5-1-3-7-11(9)14-15;1-4(2)3/h1-8,13H;1-3H. The predicted octanol–water partition coefficient (Wildman–Crippen LogP) is 1.87. The molecule has 0 bridgehead atoms. The summed E-state index contributed by atoms with van der Waals surface area (Å²) in [6, 6.07) is 15.6.